The van der Waals surface area contributed by atoms with Crippen molar-refractivity contribution in [1.29, 1.82) is 0 Å². The highest BCUT2D eigenvalue weighted by atomic mass is 16.5. The number of likely N-dealkylation sites (tertiary alicyclic amines) is 2. The van der Waals surface area contributed by atoms with E-state index in [1.165, 1.54) is 14.2 Å². The van der Waals surface area contributed by atoms with Crippen molar-refractivity contribution in [3.05, 3.63) is 77.4 Å². The van der Waals surface area contributed by atoms with E-state index in [1.807, 2.05) is 43.7 Å². The molecule has 4 N–H and O–H groups in total. The smallest absolute Gasteiger partial charge is 0.407 e. The number of rotatable bonds is 11. The summed E-state index contributed by atoms with van der Waals surface area (Å²) in [5.74, 6) is 0.269. The fourth-order valence-corrected chi connectivity index (χ4v) is 8.43. The first-order valence-electron chi connectivity index (χ1n) is 19.9. The zero-order chi connectivity index (χ0) is 40.4. The van der Waals surface area contributed by atoms with Crippen LogP contribution in [0.25, 0.3) is 33.6 Å². The molecular weight excluding hydrogens is 727 g/mol. The third kappa shape index (κ3) is 8.00. The number of hydrogen-bond donors (Lipinski definition) is 4. The molecule has 0 aliphatic carbocycles. The second kappa shape index (κ2) is 16.8. The second-order valence-corrected chi connectivity index (χ2v) is 15.8. The van der Waals surface area contributed by atoms with Crippen LogP contribution in [0.2, 0.25) is 0 Å². The maximum Gasteiger partial charge on any atom is 0.407 e. The number of ether oxygens (including phenoxy) is 3. The topological polar surface area (TPSA) is 171 Å². The molecule has 2 saturated heterocycles. The molecule has 3 aliphatic rings. The number of carbonyl (C=O) groups excluding carboxylic acids is 4. The van der Waals surface area contributed by atoms with E-state index in [-0.39, 0.29) is 35.7 Å². The van der Waals surface area contributed by atoms with Crippen LogP contribution in [0.4, 0.5) is 9.59 Å². The molecule has 0 saturated carbocycles. The van der Waals surface area contributed by atoms with Gasteiger partial charge in [-0.3, -0.25) is 9.59 Å². The van der Waals surface area contributed by atoms with Gasteiger partial charge in [0.15, 0.2) is 0 Å². The molecule has 14 nitrogen and oxygen atoms in total. The summed E-state index contributed by atoms with van der Waals surface area (Å²) in [5, 5.41) is 5.44. The van der Waals surface area contributed by atoms with E-state index in [9.17, 15) is 19.2 Å². The van der Waals surface area contributed by atoms with Crippen molar-refractivity contribution in [3.8, 4) is 33.6 Å². The predicted molar refractivity (Wildman–Crippen MR) is 213 cm³/mol. The summed E-state index contributed by atoms with van der Waals surface area (Å²) in [6.07, 6.45) is 3.89. The molecule has 0 spiro atoms. The van der Waals surface area contributed by atoms with E-state index < -0.39 is 24.3 Å². The minimum Gasteiger partial charge on any atom is -0.453 e. The van der Waals surface area contributed by atoms with Gasteiger partial charge in [0.2, 0.25) is 11.8 Å². The number of aromatic nitrogens is 3. The number of H-pyrrole nitrogens is 2. The SMILES string of the molecule is COC(=O)NC(C(=O)N1CCC[C@H]1c1[nH]c(-c2ccc(-c3ccc(-c4cnc([C@@H]5CCCN5C(=O)[C@@H](NC(=O)OC)C(C)C)[nH]4)cc3)cc2)c2c1COC2)C(C)C. The Balaban J connectivity index is 1.05. The fourth-order valence-electron chi connectivity index (χ4n) is 8.43. The summed E-state index contributed by atoms with van der Waals surface area (Å²) in [6.45, 7) is 9.84. The van der Waals surface area contributed by atoms with Gasteiger partial charge in [-0.2, -0.15) is 0 Å². The molecule has 1 unspecified atom stereocenters. The van der Waals surface area contributed by atoms with Gasteiger partial charge in [0.05, 0.1) is 57.1 Å². The second-order valence-electron chi connectivity index (χ2n) is 15.8. The number of amides is 4. The summed E-state index contributed by atoms with van der Waals surface area (Å²) < 4.78 is 15.5. The van der Waals surface area contributed by atoms with Crippen LogP contribution in [-0.4, -0.2) is 88.1 Å². The van der Waals surface area contributed by atoms with Crippen molar-refractivity contribution in [2.75, 3.05) is 27.3 Å². The van der Waals surface area contributed by atoms with E-state index in [2.05, 4.69) is 74.1 Å². The van der Waals surface area contributed by atoms with E-state index >= 15 is 0 Å². The molecule has 302 valence electrons. The van der Waals surface area contributed by atoms with Crippen molar-refractivity contribution in [2.24, 2.45) is 11.8 Å². The highest BCUT2D eigenvalue weighted by Gasteiger charge is 2.40. The predicted octanol–water partition coefficient (Wildman–Crippen LogP) is 6.86. The number of fused-ring (bicyclic) bond motifs is 1. The third-order valence-electron chi connectivity index (χ3n) is 11.5. The van der Waals surface area contributed by atoms with Gasteiger partial charge in [0, 0.05) is 29.9 Å². The van der Waals surface area contributed by atoms with E-state index in [4.69, 9.17) is 14.2 Å². The van der Waals surface area contributed by atoms with Crippen LogP contribution in [-0.2, 0) is 37.0 Å². The maximum atomic E-state index is 13.8. The average Bonchev–Trinajstić information content (AvgIpc) is 4.07. The molecule has 7 rings (SSSR count). The Bertz CT molecular complexity index is 2090. The highest BCUT2D eigenvalue weighted by Crippen LogP contribution is 2.42. The zero-order valence-corrected chi connectivity index (χ0v) is 33.5. The number of imidazole rings is 1. The maximum absolute atomic E-state index is 13.8. The first-order valence-corrected chi connectivity index (χ1v) is 19.9. The number of methoxy groups -OCH3 is 2. The Labute approximate surface area is 333 Å². The molecule has 4 atom stereocenters. The molecule has 2 aromatic carbocycles. The lowest BCUT2D eigenvalue weighted by molar-refractivity contribution is -0.136. The molecule has 0 radical (unpaired) electrons. The van der Waals surface area contributed by atoms with E-state index in [1.54, 1.807) is 0 Å². The Kier molecular flexibility index (Phi) is 11.7. The molecule has 14 heteroatoms. The monoisotopic (exact) mass is 779 g/mol. The summed E-state index contributed by atoms with van der Waals surface area (Å²) >= 11 is 0. The quantitative estimate of drug-likeness (QED) is 0.128. The molecule has 0 bridgehead atoms. The van der Waals surface area contributed by atoms with Crippen molar-refractivity contribution >= 4 is 24.0 Å². The normalized spacial score (nSPS) is 18.8. The molecular formula is C43H53N7O7. The van der Waals surface area contributed by atoms with Gasteiger partial charge in [-0.15, -0.1) is 0 Å². The number of nitrogens with one attached hydrogen (secondary N) is 4. The van der Waals surface area contributed by atoms with Crippen LogP contribution in [0.15, 0.2) is 54.7 Å². The largest absolute Gasteiger partial charge is 0.453 e. The van der Waals surface area contributed by atoms with Crippen LogP contribution in [0.3, 0.4) is 0 Å². The van der Waals surface area contributed by atoms with Crippen LogP contribution < -0.4 is 10.6 Å². The lowest BCUT2D eigenvalue weighted by atomic mass is 9.99. The number of alkyl carbamates (subject to hydrolysis) is 2. The van der Waals surface area contributed by atoms with E-state index in [0.717, 1.165) is 82.0 Å². The van der Waals surface area contributed by atoms with Crippen LogP contribution in [0.5, 0.6) is 0 Å². The summed E-state index contributed by atoms with van der Waals surface area (Å²) in [4.78, 5) is 67.0. The summed E-state index contributed by atoms with van der Waals surface area (Å²) in [6, 6.07) is 15.0. The Morgan fingerprint density at radius 1 is 0.702 bits per heavy atom. The van der Waals surface area contributed by atoms with Gasteiger partial charge in [-0.25, -0.2) is 14.6 Å². The first-order chi connectivity index (χ1) is 27.5. The van der Waals surface area contributed by atoms with Gasteiger partial charge in [-0.1, -0.05) is 76.2 Å². The van der Waals surface area contributed by atoms with Gasteiger partial charge >= 0.3 is 12.2 Å². The average molecular weight is 780 g/mol. The minimum atomic E-state index is -0.689. The van der Waals surface area contributed by atoms with Crippen molar-refractivity contribution in [3.63, 3.8) is 0 Å². The number of nitrogens with zero attached hydrogens (tertiary/aromatic N) is 3. The van der Waals surface area contributed by atoms with Gasteiger partial charge in [0.25, 0.3) is 0 Å². The lowest BCUT2D eigenvalue weighted by Gasteiger charge is -2.31. The summed E-state index contributed by atoms with van der Waals surface area (Å²) in [7, 11) is 2.59. The van der Waals surface area contributed by atoms with E-state index in [0.29, 0.717) is 26.3 Å². The molecule has 4 amide bonds. The van der Waals surface area contributed by atoms with Crippen molar-refractivity contribution in [1.82, 2.24) is 35.4 Å². The molecule has 2 fully saturated rings. The molecule has 57 heavy (non-hydrogen) atoms. The number of benzene rings is 2. The van der Waals surface area contributed by atoms with Gasteiger partial charge in [-0.05, 0) is 59.8 Å². The molecule has 4 aromatic rings. The van der Waals surface area contributed by atoms with Crippen LogP contribution in [0, 0.1) is 11.8 Å². The number of aromatic amines is 2. The Hall–Kier alpha value is -5.63. The minimum absolute atomic E-state index is 0.103. The third-order valence-corrected chi connectivity index (χ3v) is 11.5. The molecule has 5 heterocycles. The number of hydrogen-bond acceptors (Lipinski definition) is 8. The van der Waals surface area contributed by atoms with Crippen LogP contribution >= 0.6 is 0 Å². The number of carbonyl (C=O) groups is 4. The van der Waals surface area contributed by atoms with Gasteiger partial charge in [0.1, 0.15) is 17.9 Å². The first kappa shape index (κ1) is 39.6. The highest BCUT2D eigenvalue weighted by molar-refractivity contribution is 5.87. The Morgan fingerprint density at radius 2 is 1.19 bits per heavy atom. The fraction of sp³-hybridized carbons (Fsp3) is 0.465. The van der Waals surface area contributed by atoms with Gasteiger partial charge < -0.3 is 44.6 Å². The summed E-state index contributed by atoms with van der Waals surface area (Å²) in [5.41, 5.74) is 9.26. The van der Waals surface area contributed by atoms with Crippen molar-refractivity contribution < 1.29 is 33.4 Å². The lowest BCUT2D eigenvalue weighted by Crippen LogP contribution is -2.51. The Morgan fingerprint density at radius 3 is 1.74 bits per heavy atom. The van der Waals surface area contributed by atoms with Crippen molar-refractivity contribution in [2.45, 2.75) is 90.8 Å². The standard InChI is InChI=1S/C43H53N7O7/c1-24(2)35(47-42(53)55-5)40(51)49-19-7-9-33(49)38-31-23-57-22-30(31)37(46-38)29-17-13-27(14-18-29)26-11-15-28(16-12-26)32-21-44-39(45-32)34-10-8-20-50(34)41(52)36(25(3)4)48-43(54)56-6/h11-18,21,24-25,33-36,46H,7-10,19-20,22-23H2,1-6H3,(H,44,45)(H,47,53)(H,48,54)/t33-,34-,35?,36-/m0/s1. The molecule has 3 aliphatic heterocycles. The molecule has 2 aromatic heterocycles. The van der Waals surface area contributed by atoms with Crippen LogP contribution in [0.1, 0.15) is 88.1 Å². The zero-order valence-electron chi connectivity index (χ0n) is 33.5.